The monoisotopic (exact) mass is 464 g/mol. The van der Waals surface area contributed by atoms with Crippen molar-refractivity contribution in [2.45, 2.75) is 25.9 Å². The molecule has 5 nitrogen and oxygen atoms in total. The molecule has 0 fully saturated rings. The average molecular weight is 466 g/mol. The van der Waals surface area contributed by atoms with Crippen LogP contribution in [-0.2, 0) is 12.0 Å². The van der Waals surface area contributed by atoms with Crippen LogP contribution in [0.4, 0.5) is 0 Å². The maximum absolute atomic E-state index is 9.54. The molecule has 0 aliphatic heterocycles. The van der Waals surface area contributed by atoms with Gasteiger partial charge in [0, 0.05) is 5.41 Å². The third-order valence-corrected chi connectivity index (χ3v) is 5.30. The quantitative estimate of drug-likeness (QED) is 0.361. The Hall–Kier alpha value is -2.39. The van der Waals surface area contributed by atoms with Crippen molar-refractivity contribution in [1.29, 1.82) is 5.26 Å². The molecule has 0 aliphatic carbocycles. The van der Waals surface area contributed by atoms with Crippen LogP contribution >= 0.6 is 34.8 Å². The molecule has 2 aromatic carbocycles. The predicted octanol–water partition coefficient (Wildman–Crippen LogP) is 6.38. The first-order valence-electron chi connectivity index (χ1n) is 9.11. The number of hydrogen-bond donors (Lipinski definition) is 0. The molecule has 3 rings (SSSR count). The van der Waals surface area contributed by atoms with Gasteiger partial charge in [0.1, 0.15) is 37.0 Å². The molecule has 0 radical (unpaired) electrons. The summed E-state index contributed by atoms with van der Waals surface area (Å²) in [5.74, 6) is 1.36. The predicted molar refractivity (Wildman–Crippen MR) is 117 cm³/mol. The lowest BCUT2D eigenvalue weighted by Gasteiger charge is -2.27. The molecule has 1 aromatic heterocycles. The summed E-state index contributed by atoms with van der Waals surface area (Å²) in [5.41, 5.74) is 2.52. The Balaban J connectivity index is 1.80. The summed E-state index contributed by atoms with van der Waals surface area (Å²) in [4.78, 5) is 3.99. The first-order valence-corrected chi connectivity index (χ1v) is 10.4. The van der Waals surface area contributed by atoms with Crippen LogP contribution in [-0.4, -0.2) is 17.5 Å². The van der Waals surface area contributed by atoms with E-state index in [1.165, 1.54) is 6.26 Å². The lowest BCUT2D eigenvalue weighted by atomic mass is 9.77. The molecule has 8 heteroatoms. The fourth-order valence-electron chi connectivity index (χ4n) is 2.96. The van der Waals surface area contributed by atoms with Gasteiger partial charge in [-0.2, -0.15) is 5.26 Å². The van der Waals surface area contributed by atoms with E-state index in [2.05, 4.69) is 24.9 Å². The molecule has 0 atom stereocenters. The highest BCUT2D eigenvalue weighted by atomic mass is 35.5. The van der Waals surface area contributed by atoms with Crippen molar-refractivity contribution in [2.75, 3.05) is 12.5 Å². The fourth-order valence-corrected chi connectivity index (χ4v) is 3.47. The highest BCUT2D eigenvalue weighted by Crippen LogP contribution is 2.38. The van der Waals surface area contributed by atoms with E-state index in [1.54, 1.807) is 6.07 Å². The van der Waals surface area contributed by atoms with Gasteiger partial charge in [0.05, 0.1) is 16.5 Å². The lowest BCUT2D eigenvalue weighted by molar-refractivity contribution is 0.301. The van der Waals surface area contributed by atoms with Crippen LogP contribution in [0.1, 0.15) is 36.2 Å². The van der Waals surface area contributed by atoms with Crippen LogP contribution in [0, 0.1) is 11.3 Å². The van der Waals surface area contributed by atoms with Crippen LogP contribution in [0.3, 0.4) is 0 Å². The van der Waals surface area contributed by atoms with E-state index in [1.807, 2.05) is 30.3 Å². The summed E-state index contributed by atoms with van der Waals surface area (Å²) in [5, 5.41) is 10.0. The Kier molecular flexibility index (Phi) is 7.14. The maximum Gasteiger partial charge on any atom is 0.292 e. The molecular formula is C22H19Cl3N2O3. The van der Waals surface area contributed by atoms with E-state index >= 15 is 0 Å². The standard InChI is InChI=1S/C22H19Cl3N2O3/c1-22(2,16-9-14(11-26)20(19(24)10-16)28-8-7-23)15-3-5-18(6-4-15)29-12-17-13-30-21(25)27-17/h3-6,9-10,13H,7-8,12H2,1-2H3. The van der Waals surface area contributed by atoms with Crippen molar-refractivity contribution in [3.05, 3.63) is 75.4 Å². The van der Waals surface area contributed by atoms with Gasteiger partial charge in [0.15, 0.2) is 5.75 Å². The number of hydrogen-bond acceptors (Lipinski definition) is 5. The lowest BCUT2D eigenvalue weighted by Crippen LogP contribution is -2.19. The fraction of sp³-hybridized carbons (Fsp3) is 0.273. The zero-order valence-electron chi connectivity index (χ0n) is 16.4. The van der Waals surface area contributed by atoms with Crippen LogP contribution in [0.5, 0.6) is 11.5 Å². The summed E-state index contributed by atoms with van der Waals surface area (Å²) in [7, 11) is 0. The van der Waals surface area contributed by atoms with Gasteiger partial charge in [-0.15, -0.1) is 11.6 Å². The maximum atomic E-state index is 9.54. The van der Waals surface area contributed by atoms with E-state index in [9.17, 15) is 5.26 Å². The molecule has 0 N–H and O–H groups in total. The first-order chi connectivity index (χ1) is 14.3. The Morgan fingerprint density at radius 1 is 1.10 bits per heavy atom. The van der Waals surface area contributed by atoms with Gasteiger partial charge in [-0.25, -0.2) is 4.98 Å². The number of nitrogens with zero attached hydrogens (tertiary/aromatic N) is 2. The van der Waals surface area contributed by atoms with Crippen LogP contribution in [0.25, 0.3) is 0 Å². The number of oxazole rings is 1. The van der Waals surface area contributed by atoms with Crippen molar-refractivity contribution >= 4 is 34.8 Å². The third kappa shape index (κ3) is 5.02. The van der Waals surface area contributed by atoms with Crippen molar-refractivity contribution in [2.24, 2.45) is 0 Å². The van der Waals surface area contributed by atoms with Crippen LogP contribution in [0.2, 0.25) is 10.4 Å². The van der Waals surface area contributed by atoms with Crippen molar-refractivity contribution in [1.82, 2.24) is 4.98 Å². The molecule has 0 aliphatic rings. The largest absolute Gasteiger partial charge is 0.489 e. The third-order valence-electron chi connectivity index (χ3n) is 4.70. The summed E-state index contributed by atoms with van der Waals surface area (Å²) in [6.45, 7) is 4.66. The molecule has 30 heavy (non-hydrogen) atoms. The van der Waals surface area contributed by atoms with Gasteiger partial charge in [0.25, 0.3) is 5.35 Å². The molecule has 0 saturated carbocycles. The highest BCUT2D eigenvalue weighted by molar-refractivity contribution is 6.32. The molecule has 156 valence electrons. The average Bonchev–Trinajstić information content (AvgIpc) is 3.16. The Morgan fingerprint density at radius 3 is 2.43 bits per heavy atom. The van der Waals surface area contributed by atoms with Gasteiger partial charge in [-0.1, -0.05) is 37.6 Å². The minimum atomic E-state index is -0.404. The number of nitriles is 1. The van der Waals surface area contributed by atoms with E-state index in [-0.39, 0.29) is 18.6 Å². The minimum absolute atomic E-state index is 0.0835. The van der Waals surface area contributed by atoms with Gasteiger partial charge in [-0.3, -0.25) is 0 Å². The van der Waals surface area contributed by atoms with E-state index in [4.69, 9.17) is 48.7 Å². The van der Waals surface area contributed by atoms with Crippen molar-refractivity contribution < 1.29 is 13.9 Å². The van der Waals surface area contributed by atoms with E-state index in [0.717, 1.165) is 11.1 Å². The molecular weight excluding hydrogens is 447 g/mol. The molecule has 0 saturated heterocycles. The Bertz CT molecular complexity index is 1060. The highest BCUT2D eigenvalue weighted by Gasteiger charge is 2.26. The second kappa shape index (κ2) is 9.61. The van der Waals surface area contributed by atoms with Crippen LogP contribution in [0.15, 0.2) is 47.1 Å². The molecule has 1 heterocycles. The number of alkyl halides is 1. The summed E-state index contributed by atoms with van der Waals surface area (Å²) < 4.78 is 16.2. The Labute approximate surface area is 190 Å². The smallest absolute Gasteiger partial charge is 0.292 e. The van der Waals surface area contributed by atoms with Crippen molar-refractivity contribution in [3.8, 4) is 17.6 Å². The summed E-state index contributed by atoms with van der Waals surface area (Å²) in [6.07, 6.45) is 1.46. The molecule has 0 spiro atoms. The van der Waals surface area contributed by atoms with Crippen LogP contribution < -0.4 is 9.47 Å². The summed E-state index contributed by atoms with van der Waals surface area (Å²) in [6, 6.07) is 13.5. The molecule has 3 aromatic rings. The zero-order valence-corrected chi connectivity index (χ0v) is 18.7. The van der Waals surface area contributed by atoms with Gasteiger partial charge in [0.2, 0.25) is 0 Å². The van der Waals surface area contributed by atoms with Gasteiger partial charge < -0.3 is 13.9 Å². The topological polar surface area (TPSA) is 68.3 Å². The molecule has 0 amide bonds. The Morgan fingerprint density at radius 2 is 1.83 bits per heavy atom. The normalized spacial score (nSPS) is 11.2. The number of ether oxygens (including phenoxy) is 2. The van der Waals surface area contributed by atoms with E-state index in [0.29, 0.717) is 33.7 Å². The zero-order chi connectivity index (χ0) is 21.7. The number of aromatic nitrogens is 1. The second-order valence-electron chi connectivity index (χ2n) is 7.01. The number of rotatable bonds is 8. The SMILES string of the molecule is CC(C)(c1ccc(OCc2coc(Cl)n2)cc1)c1cc(Cl)c(OCCCl)c(C#N)c1. The number of halogens is 3. The minimum Gasteiger partial charge on any atom is -0.489 e. The first kappa shape index (κ1) is 22.3. The number of benzene rings is 2. The van der Waals surface area contributed by atoms with Crippen molar-refractivity contribution in [3.63, 3.8) is 0 Å². The summed E-state index contributed by atoms with van der Waals surface area (Å²) >= 11 is 17.7. The van der Waals surface area contributed by atoms with E-state index < -0.39 is 5.41 Å². The molecule has 0 bridgehead atoms. The second-order valence-corrected chi connectivity index (χ2v) is 8.12. The van der Waals surface area contributed by atoms with Gasteiger partial charge in [-0.05, 0) is 47.0 Å². The van der Waals surface area contributed by atoms with Gasteiger partial charge >= 0.3 is 0 Å². The molecule has 0 unspecified atom stereocenters.